The summed E-state index contributed by atoms with van der Waals surface area (Å²) < 4.78 is 3.05. The SMILES string of the molecule is BrCc1ccc(-n2ncc3ccccc32)cc1Br. The van der Waals surface area contributed by atoms with E-state index < -0.39 is 0 Å². The summed E-state index contributed by atoms with van der Waals surface area (Å²) in [4.78, 5) is 0. The number of halogens is 2. The first kappa shape index (κ1) is 11.9. The minimum absolute atomic E-state index is 0.841. The zero-order chi connectivity index (χ0) is 12.5. The average Bonchev–Trinajstić information content (AvgIpc) is 2.82. The summed E-state index contributed by atoms with van der Waals surface area (Å²) in [5.41, 5.74) is 3.42. The van der Waals surface area contributed by atoms with Crippen LogP contribution in [0.3, 0.4) is 0 Å². The second-order valence-electron chi connectivity index (χ2n) is 4.02. The Bertz CT molecular complexity index is 704. The largest absolute Gasteiger partial charge is 0.233 e. The Morgan fingerprint density at radius 1 is 1.11 bits per heavy atom. The fourth-order valence-corrected chi connectivity index (χ4v) is 3.33. The van der Waals surface area contributed by atoms with Gasteiger partial charge in [0.15, 0.2) is 0 Å². The fourth-order valence-electron chi connectivity index (χ4n) is 1.95. The Morgan fingerprint density at radius 2 is 1.94 bits per heavy atom. The van der Waals surface area contributed by atoms with Crippen molar-refractivity contribution in [2.75, 3.05) is 0 Å². The van der Waals surface area contributed by atoms with Crippen LogP contribution in [0.5, 0.6) is 0 Å². The van der Waals surface area contributed by atoms with Crippen LogP contribution in [0, 0.1) is 0 Å². The zero-order valence-corrected chi connectivity index (χ0v) is 12.6. The van der Waals surface area contributed by atoms with Crippen LogP contribution in [0.2, 0.25) is 0 Å². The maximum absolute atomic E-state index is 4.45. The molecule has 0 bridgehead atoms. The number of fused-ring (bicyclic) bond motifs is 1. The van der Waals surface area contributed by atoms with Crippen LogP contribution >= 0.6 is 31.9 Å². The van der Waals surface area contributed by atoms with E-state index in [0.717, 1.165) is 26.4 Å². The third-order valence-corrected chi connectivity index (χ3v) is 4.24. The quantitative estimate of drug-likeness (QED) is 0.602. The molecule has 0 aliphatic heterocycles. The van der Waals surface area contributed by atoms with Crippen molar-refractivity contribution < 1.29 is 0 Å². The third-order valence-electron chi connectivity index (χ3n) is 2.90. The Labute approximate surface area is 122 Å². The molecule has 0 unspecified atom stereocenters. The van der Waals surface area contributed by atoms with Gasteiger partial charge in [-0.25, -0.2) is 4.68 Å². The summed E-state index contributed by atoms with van der Waals surface area (Å²) in [6.07, 6.45) is 1.89. The van der Waals surface area contributed by atoms with Gasteiger partial charge in [0, 0.05) is 15.2 Å². The van der Waals surface area contributed by atoms with Gasteiger partial charge in [-0.15, -0.1) is 0 Å². The molecule has 2 nitrogen and oxygen atoms in total. The Morgan fingerprint density at radius 3 is 2.72 bits per heavy atom. The molecule has 18 heavy (non-hydrogen) atoms. The van der Waals surface area contributed by atoms with E-state index >= 15 is 0 Å². The van der Waals surface area contributed by atoms with Crippen molar-refractivity contribution in [3.63, 3.8) is 0 Å². The first-order valence-electron chi connectivity index (χ1n) is 5.57. The Hall–Kier alpha value is -1.13. The average molecular weight is 366 g/mol. The van der Waals surface area contributed by atoms with Crippen LogP contribution < -0.4 is 0 Å². The first-order valence-corrected chi connectivity index (χ1v) is 7.48. The highest BCUT2D eigenvalue weighted by Crippen LogP contribution is 2.24. The van der Waals surface area contributed by atoms with Crippen molar-refractivity contribution in [2.45, 2.75) is 5.33 Å². The fraction of sp³-hybridized carbons (Fsp3) is 0.0714. The van der Waals surface area contributed by atoms with E-state index in [4.69, 9.17) is 0 Å². The molecule has 90 valence electrons. The zero-order valence-electron chi connectivity index (χ0n) is 9.48. The minimum Gasteiger partial charge on any atom is -0.233 e. The molecule has 0 spiro atoms. The van der Waals surface area contributed by atoms with Gasteiger partial charge in [-0.2, -0.15) is 5.10 Å². The van der Waals surface area contributed by atoms with Crippen LogP contribution in [0.15, 0.2) is 53.1 Å². The summed E-state index contributed by atoms with van der Waals surface area (Å²) >= 11 is 7.05. The minimum atomic E-state index is 0.841. The molecule has 4 heteroatoms. The number of aromatic nitrogens is 2. The molecule has 0 saturated heterocycles. The maximum Gasteiger partial charge on any atom is 0.0741 e. The molecule has 0 saturated carbocycles. The molecular formula is C14H10Br2N2. The Balaban J connectivity index is 2.17. The van der Waals surface area contributed by atoms with Crippen molar-refractivity contribution in [2.24, 2.45) is 0 Å². The number of nitrogens with zero attached hydrogens (tertiary/aromatic N) is 2. The van der Waals surface area contributed by atoms with E-state index in [2.05, 4.69) is 67.3 Å². The normalized spacial score (nSPS) is 11.0. The van der Waals surface area contributed by atoms with E-state index in [1.165, 1.54) is 5.56 Å². The first-order chi connectivity index (χ1) is 8.79. The lowest BCUT2D eigenvalue weighted by Crippen LogP contribution is -1.96. The van der Waals surface area contributed by atoms with Gasteiger partial charge in [0.1, 0.15) is 0 Å². The molecular weight excluding hydrogens is 356 g/mol. The molecule has 1 heterocycles. The van der Waals surface area contributed by atoms with Crippen LogP contribution in [0.1, 0.15) is 5.56 Å². The van der Waals surface area contributed by atoms with Crippen LogP contribution in [-0.2, 0) is 5.33 Å². The molecule has 0 N–H and O–H groups in total. The van der Waals surface area contributed by atoms with E-state index in [1.54, 1.807) is 0 Å². The summed E-state index contributed by atoms with van der Waals surface area (Å²) in [6, 6.07) is 14.5. The topological polar surface area (TPSA) is 17.8 Å². The van der Waals surface area contributed by atoms with E-state index in [0.29, 0.717) is 0 Å². The number of hydrogen-bond acceptors (Lipinski definition) is 1. The van der Waals surface area contributed by atoms with E-state index in [-0.39, 0.29) is 0 Å². The van der Waals surface area contributed by atoms with Crippen molar-refractivity contribution in [1.29, 1.82) is 0 Å². The molecule has 0 aliphatic rings. The van der Waals surface area contributed by atoms with Crippen LogP contribution in [0.25, 0.3) is 16.6 Å². The molecule has 3 rings (SSSR count). The number of para-hydroxylation sites is 1. The van der Waals surface area contributed by atoms with Crippen molar-refractivity contribution in [3.05, 3.63) is 58.7 Å². The highest BCUT2D eigenvalue weighted by atomic mass is 79.9. The smallest absolute Gasteiger partial charge is 0.0741 e. The van der Waals surface area contributed by atoms with Gasteiger partial charge in [0.25, 0.3) is 0 Å². The second kappa shape index (κ2) is 4.86. The van der Waals surface area contributed by atoms with Gasteiger partial charge in [-0.1, -0.05) is 56.1 Å². The molecule has 0 fully saturated rings. The van der Waals surface area contributed by atoms with E-state index in [1.807, 2.05) is 23.0 Å². The number of alkyl halides is 1. The predicted molar refractivity (Wildman–Crippen MR) is 81.4 cm³/mol. The molecule has 3 aromatic rings. The third kappa shape index (κ3) is 1.99. The molecule has 0 aliphatic carbocycles. The second-order valence-corrected chi connectivity index (χ2v) is 5.44. The van der Waals surface area contributed by atoms with Gasteiger partial charge in [0.05, 0.1) is 17.4 Å². The van der Waals surface area contributed by atoms with Crippen molar-refractivity contribution in [1.82, 2.24) is 9.78 Å². The van der Waals surface area contributed by atoms with Gasteiger partial charge in [0.2, 0.25) is 0 Å². The van der Waals surface area contributed by atoms with E-state index in [9.17, 15) is 0 Å². The van der Waals surface area contributed by atoms with Crippen molar-refractivity contribution >= 4 is 42.8 Å². The van der Waals surface area contributed by atoms with Crippen LogP contribution in [0.4, 0.5) is 0 Å². The molecule has 2 aromatic carbocycles. The summed E-state index contributed by atoms with van der Waals surface area (Å²) in [5, 5.41) is 6.44. The van der Waals surface area contributed by atoms with Gasteiger partial charge in [-0.3, -0.25) is 0 Å². The predicted octanol–water partition coefficient (Wildman–Crippen LogP) is 4.68. The summed E-state index contributed by atoms with van der Waals surface area (Å²) in [5.74, 6) is 0. The lowest BCUT2D eigenvalue weighted by atomic mass is 10.2. The summed E-state index contributed by atoms with van der Waals surface area (Å²) in [7, 11) is 0. The van der Waals surface area contributed by atoms with Gasteiger partial charge >= 0.3 is 0 Å². The number of benzene rings is 2. The van der Waals surface area contributed by atoms with Gasteiger partial charge in [-0.05, 0) is 23.8 Å². The Kier molecular flexibility index (Phi) is 3.22. The molecule has 0 amide bonds. The standard InChI is InChI=1S/C14H10Br2N2/c15-8-10-5-6-12(7-13(10)16)18-14-4-2-1-3-11(14)9-17-18/h1-7,9H,8H2. The molecule has 0 radical (unpaired) electrons. The highest BCUT2D eigenvalue weighted by molar-refractivity contribution is 9.10. The number of hydrogen-bond donors (Lipinski definition) is 0. The van der Waals surface area contributed by atoms with Crippen LogP contribution in [-0.4, -0.2) is 9.78 Å². The highest BCUT2D eigenvalue weighted by Gasteiger charge is 2.06. The lowest BCUT2D eigenvalue weighted by Gasteiger charge is -2.06. The monoisotopic (exact) mass is 364 g/mol. The molecule has 0 atom stereocenters. The summed E-state index contributed by atoms with van der Waals surface area (Å²) in [6.45, 7) is 0. The molecule has 1 aromatic heterocycles. The maximum atomic E-state index is 4.45. The van der Waals surface area contributed by atoms with Gasteiger partial charge < -0.3 is 0 Å². The number of rotatable bonds is 2. The lowest BCUT2D eigenvalue weighted by molar-refractivity contribution is 0.909. The van der Waals surface area contributed by atoms with Crippen molar-refractivity contribution in [3.8, 4) is 5.69 Å².